The second-order valence-corrected chi connectivity index (χ2v) is 5.03. The van der Waals surface area contributed by atoms with Crippen LogP contribution >= 0.6 is 0 Å². The first-order valence-electron chi connectivity index (χ1n) is 6.37. The maximum Gasteiger partial charge on any atom is 0.393 e. The molecule has 0 radical (unpaired) electrons. The van der Waals surface area contributed by atoms with Gasteiger partial charge in [0, 0.05) is 13.1 Å². The van der Waals surface area contributed by atoms with Crippen LogP contribution in [0.2, 0.25) is 0 Å². The lowest BCUT2D eigenvalue weighted by molar-refractivity contribution is -0.187. The molecule has 6 heteroatoms. The van der Waals surface area contributed by atoms with Crippen molar-refractivity contribution in [1.82, 2.24) is 4.90 Å². The van der Waals surface area contributed by atoms with Crippen LogP contribution in [0.1, 0.15) is 24.0 Å². The molecule has 0 N–H and O–H groups in total. The molecule has 0 amide bonds. The minimum Gasteiger partial charge on any atom is -0.298 e. The van der Waals surface area contributed by atoms with Crippen molar-refractivity contribution in [3.05, 3.63) is 35.1 Å². The zero-order valence-electron chi connectivity index (χ0n) is 10.8. The Bertz CT molecular complexity index is 519. The first kappa shape index (κ1) is 14.8. The monoisotopic (exact) mass is 286 g/mol. The van der Waals surface area contributed by atoms with Crippen molar-refractivity contribution in [3.63, 3.8) is 0 Å². The summed E-state index contributed by atoms with van der Waals surface area (Å²) in [5, 5.41) is 8.95. The van der Waals surface area contributed by atoms with Crippen molar-refractivity contribution in [2.24, 2.45) is 5.92 Å². The minimum atomic E-state index is -4.20. The van der Waals surface area contributed by atoms with Gasteiger partial charge in [0.1, 0.15) is 5.82 Å². The van der Waals surface area contributed by atoms with Crippen LogP contribution in [-0.4, -0.2) is 24.2 Å². The molecule has 1 aromatic carbocycles. The molecule has 2 nitrogen and oxygen atoms in total. The summed E-state index contributed by atoms with van der Waals surface area (Å²) >= 11 is 0. The number of nitrogens with zero attached hydrogens (tertiary/aromatic N) is 2. The van der Waals surface area contributed by atoms with Gasteiger partial charge in [0.15, 0.2) is 0 Å². The molecule has 0 bridgehead atoms. The minimum absolute atomic E-state index is 0.0924. The number of likely N-dealkylation sites (tertiary alicyclic amines) is 1. The normalized spacial score (nSPS) is 20.6. The summed E-state index contributed by atoms with van der Waals surface area (Å²) in [5.41, 5.74) is 0.746. The van der Waals surface area contributed by atoms with E-state index < -0.39 is 17.9 Å². The van der Waals surface area contributed by atoms with Gasteiger partial charge in [0.25, 0.3) is 0 Å². The molecule has 1 heterocycles. The second-order valence-electron chi connectivity index (χ2n) is 5.03. The van der Waals surface area contributed by atoms with Crippen LogP contribution < -0.4 is 0 Å². The predicted molar refractivity (Wildman–Crippen MR) is 65.2 cm³/mol. The maximum absolute atomic E-state index is 13.2. The number of piperidine rings is 1. The van der Waals surface area contributed by atoms with Gasteiger partial charge in [-0.15, -0.1) is 0 Å². The van der Waals surface area contributed by atoms with E-state index in [-0.39, 0.29) is 19.5 Å². The number of nitriles is 1. The summed E-state index contributed by atoms with van der Waals surface area (Å²) < 4.78 is 51.4. The average Bonchev–Trinajstić information content (AvgIpc) is 2.38. The van der Waals surface area contributed by atoms with E-state index in [2.05, 4.69) is 0 Å². The summed E-state index contributed by atoms with van der Waals surface area (Å²) in [6, 6.07) is 5.69. The predicted octanol–water partition coefficient (Wildman–Crippen LogP) is 3.47. The van der Waals surface area contributed by atoms with Crippen LogP contribution in [0.5, 0.6) is 0 Å². The highest BCUT2D eigenvalue weighted by Crippen LogP contribution is 2.33. The third kappa shape index (κ3) is 3.48. The fourth-order valence-electron chi connectivity index (χ4n) is 2.51. The highest BCUT2D eigenvalue weighted by atomic mass is 19.4. The molecular weight excluding hydrogens is 272 g/mol. The summed E-state index contributed by atoms with van der Waals surface area (Å²) in [6.45, 7) is 0.617. The third-order valence-electron chi connectivity index (χ3n) is 3.55. The number of benzene rings is 1. The molecule has 108 valence electrons. The van der Waals surface area contributed by atoms with Crippen LogP contribution in [0.4, 0.5) is 17.6 Å². The molecule has 0 aromatic heterocycles. The topological polar surface area (TPSA) is 27.0 Å². The molecule has 0 spiro atoms. The number of alkyl halides is 3. The highest BCUT2D eigenvalue weighted by Gasteiger charge is 2.41. The van der Waals surface area contributed by atoms with Gasteiger partial charge < -0.3 is 0 Å². The Morgan fingerprint density at radius 1 is 1.35 bits per heavy atom. The lowest BCUT2D eigenvalue weighted by atomic mass is 9.96. The Hall–Kier alpha value is -1.61. The molecule has 20 heavy (non-hydrogen) atoms. The van der Waals surface area contributed by atoms with Crippen molar-refractivity contribution < 1.29 is 17.6 Å². The molecular formula is C14H14F4N2. The Morgan fingerprint density at radius 3 is 2.75 bits per heavy atom. The maximum atomic E-state index is 13.2. The summed E-state index contributed by atoms with van der Waals surface area (Å²) in [6.07, 6.45) is -3.60. The SMILES string of the molecule is N#Cc1ccc(F)cc1CN1CCCC(C(F)(F)F)C1. The molecule has 1 aromatic rings. The van der Waals surface area contributed by atoms with Crippen LogP contribution in [0.3, 0.4) is 0 Å². The fraction of sp³-hybridized carbons (Fsp3) is 0.500. The van der Waals surface area contributed by atoms with Crippen LogP contribution in [0.15, 0.2) is 18.2 Å². The zero-order chi connectivity index (χ0) is 14.8. The van der Waals surface area contributed by atoms with Gasteiger partial charge in [-0.2, -0.15) is 18.4 Å². The van der Waals surface area contributed by atoms with Crippen LogP contribution in [-0.2, 0) is 6.54 Å². The van der Waals surface area contributed by atoms with E-state index in [1.807, 2.05) is 6.07 Å². The quantitative estimate of drug-likeness (QED) is 0.778. The highest BCUT2D eigenvalue weighted by molar-refractivity contribution is 5.37. The van der Waals surface area contributed by atoms with Gasteiger partial charge in [-0.3, -0.25) is 4.90 Å². The van der Waals surface area contributed by atoms with E-state index in [1.165, 1.54) is 18.2 Å². The largest absolute Gasteiger partial charge is 0.393 e. The van der Waals surface area contributed by atoms with E-state index in [1.54, 1.807) is 4.90 Å². The molecule has 1 saturated heterocycles. The summed E-state index contributed by atoms with van der Waals surface area (Å²) in [4.78, 5) is 1.64. The Balaban J connectivity index is 2.10. The van der Waals surface area contributed by atoms with Gasteiger partial charge in [-0.25, -0.2) is 4.39 Å². The van der Waals surface area contributed by atoms with Crippen molar-refractivity contribution in [2.45, 2.75) is 25.6 Å². The van der Waals surface area contributed by atoms with Gasteiger partial charge in [0.2, 0.25) is 0 Å². The second kappa shape index (κ2) is 5.80. The first-order chi connectivity index (χ1) is 9.40. The van der Waals surface area contributed by atoms with E-state index >= 15 is 0 Å². The molecule has 2 rings (SSSR count). The van der Waals surface area contributed by atoms with Crippen LogP contribution in [0.25, 0.3) is 0 Å². The lowest BCUT2D eigenvalue weighted by Gasteiger charge is -2.33. The molecule has 1 atom stereocenters. The summed E-state index contributed by atoms with van der Waals surface area (Å²) in [5.74, 6) is -1.82. The summed E-state index contributed by atoms with van der Waals surface area (Å²) in [7, 11) is 0. The molecule has 1 aliphatic rings. The Morgan fingerprint density at radius 2 is 2.10 bits per heavy atom. The number of halogens is 4. The molecule has 1 aliphatic heterocycles. The molecule has 0 aliphatic carbocycles. The van der Waals surface area contributed by atoms with Crippen molar-refractivity contribution in [3.8, 4) is 6.07 Å². The van der Waals surface area contributed by atoms with Gasteiger partial charge >= 0.3 is 6.18 Å². The standard InChI is InChI=1S/C14H14F4N2/c15-13-4-3-10(7-19)11(6-13)8-20-5-1-2-12(9-20)14(16,17)18/h3-4,6,12H,1-2,5,8-9H2. The van der Waals surface area contributed by atoms with Gasteiger partial charge in [-0.1, -0.05) is 0 Å². The Labute approximate surface area is 114 Å². The Kier molecular flexibility index (Phi) is 4.29. The third-order valence-corrected chi connectivity index (χ3v) is 3.55. The molecule has 0 saturated carbocycles. The number of hydrogen-bond acceptors (Lipinski definition) is 2. The smallest absolute Gasteiger partial charge is 0.298 e. The van der Waals surface area contributed by atoms with Crippen molar-refractivity contribution in [1.29, 1.82) is 5.26 Å². The van der Waals surface area contributed by atoms with Crippen LogP contribution in [0, 0.1) is 23.1 Å². The van der Waals surface area contributed by atoms with Crippen molar-refractivity contribution >= 4 is 0 Å². The first-order valence-corrected chi connectivity index (χ1v) is 6.37. The average molecular weight is 286 g/mol. The molecule has 1 unspecified atom stereocenters. The van der Waals surface area contributed by atoms with Gasteiger partial charge in [-0.05, 0) is 43.1 Å². The van der Waals surface area contributed by atoms with E-state index in [0.29, 0.717) is 24.1 Å². The van der Waals surface area contributed by atoms with E-state index in [4.69, 9.17) is 5.26 Å². The lowest BCUT2D eigenvalue weighted by Crippen LogP contribution is -2.41. The fourth-order valence-corrected chi connectivity index (χ4v) is 2.51. The van der Waals surface area contributed by atoms with Crippen molar-refractivity contribution in [2.75, 3.05) is 13.1 Å². The van der Waals surface area contributed by atoms with E-state index in [0.717, 1.165) is 0 Å². The zero-order valence-corrected chi connectivity index (χ0v) is 10.8. The number of hydrogen-bond donors (Lipinski definition) is 0. The van der Waals surface area contributed by atoms with E-state index in [9.17, 15) is 17.6 Å². The molecule has 1 fully saturated rings. The van der Waals surface area contributed by atoms with Gasteiger partial charge in [0.05, 0.1) is 17.6 Å². The number of rotatable bonds is 2.